The van der Waals surface area contributed by atoms with Crippen LogP contribution < -0.4 is 4.40 Å². The van der Waals surface area contributed by atoms with E-state index in [4.69, 9.17) is 0 Å². The molecule has 1 rings (SSSR count). The molecule has 1 atom stereocenters. The van der Waals surface area contributed by atoms with Gasteiger partial charge < -0.3 is 0 Å². The maximum Gasteiger partial charge on any atom is 0.419 e. The quantitative estimate of drug-likeness (QED) is 0.625. The molecule has 0 bridgehead atoms. The van der Waals surface area contributed by atoms with E-state index in [1.807, 2.05) is 0 Å². The van der Waals surface area contributed by atoms with Gasteiger partial charge in [0.2, 0.25) is 0 Å². The topological polar surface area (TPSA) is 31.0 Å². The molecule has 0 aliphatic heterocycles. The molecule has 0 fully saturated rings. The van der Waals surface area contributed by atoms with Gasteiger partial charge in [-0.15, -0.1) is 0 Å². The van der Waals surface area contributed by atoms with Gasteiger partial charge in [-0.3, -0.25) is 0 Å². The smallest absolute Gasteiger partial charge is 0.205 e. The Labute approximate surface area is 125 Å². The van der Waals surface area contributed by atoms with Crippen molar-refractivity contribution in [1.29, 1.82) is 0 Å². The Hall–Kier alpha value is -0.760. The van der Waals surface area contributed by atoms with Crippen LogP contribution in [-0.2, 0) is 17.2 Å². The molecule has 0 aliphatic rings. The first-order valence-corrected chi connectivity index (χ1v) is 7.44. The molecule has 1 unspecified atom stereocenters. The van der Waals surface area contributed by atoms with E-state index in [2.05, 4.69) is 20.3 Å². The normalized spacial score (nSPS) is 14.8. The summed E-state index contributed by atoms with van der Waals surface area (Å²) < 4.78 is 65.3. The number of nitrogens with one attached hydrogen (secondary N) is 1. The lowest BCUT2D eigenvalue weighted by atomic mass is 10.1. The van der Waals surface area contributed by atoms with Crippen LogP contribution in [0.1, 0.15) is 31.9 Å². The van der Waals surface area contributed by atoms with Crippen molar-refractivity contribution in [3.8, 4) is 0 Å². The second-order valence-electron chi connectivity index (χ2n) is 5.00. The van der Waals surface area contributed by atoms with Gasteiger partial charge in [0.1, 0.15) is 5.82 Å². The van der Waals surface area contributed by atoms with E-state index in [1.165, 1.54) is 6.07 Å². The second-order valence-corrected chi connectivity index (χ2v) is 7.91. The molecule has 20 heavy (non-hydrogen) atoms. The highest BCUT2D eigenvalue weighted by Gasteiger charge is 2.35. The Kier molecular flexibility index (Phi) is 5.13. The van der Waals surface area contributed by atoms with E-state index >= 15 is 0 Å². The molecule has 0 saturated heterocycles. The van der Waals surface area contributed by atoms with Crippen LogP contribution in [0.15, 0.2) is 16.6 Å². The van der Waals surface area contributed by atoms with E-state index in [1.54, 1.807) is 20.8 Å². The van der Waals surface area contributed by atoms with Gasteiger partial charge in [0.05, 0.1) is 15.9 Å². The average Bonchev–Trinajstić information content (AvgIpc) is 2.26. The molecule has 1 aromatic rings. The number of halogens is 5. The van der Waals surface area contributed by atoms with Gasteiger partial charge in [-0.2, -0.15) is 21.8 Å². The van der Waals surface area contributed by atoms with Gasteiger partial charge in [-0.05, 0) is 32.9 Å². The largest absolute Gasteiger partial charge is 0.419 e. The summed E-state index contributed by atoms with van der Waals surface area (Å²) >= 11 is 2.90. The number of rotatable bonds is 2. The number of hydrogen-bond donors (Lipinski definition) is 1. The lowest BCUT2D eigenvalue weighted by Gasteiger charge is -2.10. The Bertz CT molecular complexity index is 564. The van der Waals surface area contributed by atoms with Gasteiger partial charge in [0.25, 0.3) is 11.0 Å². The predicted molar refractivity (Wildman–Crippen MR) is 73.1 cm³/mol. The molecule has 1 aromatic carbocycles. The summed E-state index contributed by atoms with van der Waals surface area (Å²) in [5.41, 5.74) is -1.69. The van der Waals surface area contributed by atoms with Gasteiger partial charge in [0.15, 0.2) is 6.21 Å². The predicted octanol–water partition coefficient (Wildman–Crippen LogP) is 2.57. The summed E-state index contributed by atoms with van der Waals surface area (Å²) in [4.78, 5) is 0. The van der Waals surface area contributed by atoms with Crippen molar-refractivity contribution in [2.45, 2.75) is 31.7 Å². The van der Waals surface area contributed by atoms with Crippen LogP contribution in [0.4, 0.5) is 17.6 Å². The molecule has 0 heterocycles. The van der Waals surface area contributed by atoms with Gasteiger partial charge >= 0.3 is 6.18 Å². The summed E-state index contributed by atoms with van der Waals surface area (Å²) in [7, 11) is -1.55. The molecule has 8 heteroatoms. The Morgan fingerprint density at radius 3 is 2.25 bits per heavy atom. The minimum Gasteiger partial charge on any atom is -0.205 e. The number of benzene rings is 1. The summed E-state index contributed by atoms with van der Waals surface area (Å²) in [6.07, 6.45) is -3.81. The summed E-state index contributed by atoms with van der Waals surface area (Å²) in [5, 5.41) is 0. The molecule has 2 nitrogen and oxygen atoms in total. The third kappa shape index (κ3) is 4.37. The van der Waals surface area contributed by atoms with Crippen LogP contribution >= 0.6 is 15.9 Å². The third-order valence-electron chi connectivity index (χ3n) is 2.25. The van der Waals surface area contributed by atoms with Crippen molar-refractivity contribution < 1.29 is 26.2 Å². The fraction of sp³-hybridized carbons (Fsp3) is 0.417. The molecule has 0 amide bonds. The second kappa shape index (κ2) is 5.93. The highest BCUT2D eigenvalue weighted by molar-refractivity contribution is 9.10. The Balaban J connectivity index is 3.24. The molecule has 1 N–H and O–H groups in total. The molecular weight excluding hydrogens is 362 g/mol. The van der Waals surface area contributed by atoms with Crippen LogP contribution in [-0.4, -0.2) is 15.2 Å². The first-order chi connectivity index (χ1) is 8.93. The van der Waals surface area contributed by atoms with Crippen molar-refractivity contribution in [1.82, 2.24) is 0 Å². The lowest BCUT2D eigenvalue weighted by Crippen LogP contribution is -2.74. The Morgan fingerprint density at radius 2 is 1.80 bits per heavy atom. The van der Waals surface area contributed by atoms with Crippen molar-refractivity contribution in [3.63, 3.8) is 0 Å². The Morgan fingerprint density at radius 1 is 1.25 bits per heavy atom. The van der Waals surface area contributed by atoms with Crippen molar-refractivity contribution in [2.75, 3.05) is 0 Å². The molecule has 112 valence electrons. The van der Waals surface area contributed by atoms with Crippen molar-refractivity contribution >= 4 is 33.1 Å². The molecule has 0 spiro atoms. The highest BCUT2D eigenvalue weighted by atomic mass is 79.9. The third-order valence-corrected chi connectivity index (χ3v) is 4.15. The van der Waals surface area contributed by atoms with E-state index in [0.29, 0.717) is 6.07 Å². The molecule has 0 aromatic heterocycles. The molecule has 0 saturated carbocycles. The minimum atomic E-state index is -4.79. The van der Waals surface area contributed by atoms with Gasteiger partial charge in [0, 0.05) is 4.47 Å². The maximum atomic E-state index is 13.8. The first-order valence-electron chi connectivity index (χ1n) is 5.50. The minimum absolute atomic E-state index is 0.0841. The fourth-order valence-electron chi connectivity index (χ4n) is 1.22. The van der Waals surface area contributed by atoms with Crippen LogP contribution in [0.25, 0.3) is 0 Å². The van der Waals surface area contributed by atoms with Crippen LogP contribution in [0, 0.1) is 5.82 Å². The van der Waals surface area contributed by atoms with Crippen LogP contribution in [0.3, 0.4) is 0 Å². The van der Waals surface area contributed by atoms with Crippen molar-refractivity contribution in [2.24, 2.45) is 0 Å². The fourth-order valence-corrected chi connectivity index (χ4v) is 2.28. The van der Waals surface area contributed by atoms with E-state index in [0.717, 1.165) is 6.21 Å². The van der Waals surface area contributed by atoms with E-state index < -0.39 is 33.3 Å². The number of alkyl halides is 3. The summed E-state index contributed by atoms with van der Waals surface area (Å²) in [6.45, 7) is 5.05. The first kappa shape index (κ1) is 17.3. The SMILES string of the molecule is CC(C)(C)S(=O)/[NH+]=C/c1cc(Br)cc(C(F)(F)F)c1F. The lowest BCUT2D eigenvalue weighted by molar-refractivity contribution is -0.252. The van der Waals surface area contributed by atoms with Crippen molar-refractivity contribution in [3.05, 3.63) is 33.5 Å². The average molecular weight is 375 g/mol. The zero-order chi connectivity index (χ0) is 15.7. The van der Waals surface area contributed by atoms with E-state index in [9.17, 15) is 21.8 Å². The zero-order valence-corrected chi connectivity index (χ0v) is 13.3. The molecule has 0 radical (unpaired) electrons. The highest BCUT2D eigenvalue weighted by Crippen LogP contribution is 2.34. The van der Waals surface area contributed by atoms with Gasteiger partial charge in [-0.25, -0.2) is 4.39 Å². The molecular formula is C12H13BrF4NOS+. The number of hydrogen-bond acceptors (Lipinski definition) is 1. The van der Waals surface area contributed by atoms with Gasteiger partial charge in [-0.1, -0.05) is 15.9 Å². The maximum absolute atomic E-state index is 13.8. The molecule has 0 aliphatic carbocycles. The zero-order valence-electron chi connectivity index (χ0n) is 10.9. The summed E-state index contributed by atoms with van der Waals surface area (Å²) in [6, 6.07) is 1.84. The standard InChI is InChI=1S/C12H12BrF4NOS/c1-11(2,3)20(19)18-6-7-4-8(13)5-9(10(7)14)12(15,16)17/h4-6H,1-3H3/p+1/b18-6+. The monoisotopic (exact) mass is 374 g/mol. The van der Waals surface area contributed by atoms with Crippen LogP contribution in [0.5, 0.6) is 0 Å². The van der Waals surface area contributed by atoms with E-state index in [-0.39, 0.29) is 10.0 Å². The van der Waals surface area contributed by atoms with Crippen LogP contribution in [0.2, 0.25) is 0 Å². The summed E-state index contributed by atoms with van der Waals surface area (Å²) in [5.74, 6) is -1.40.